The molecule has 16 rings (SSSR count). The molecule has 8 heterocycles. The number of aromatic nitrogens is 9. The van der Waals surface area contributed by atoms with Crippen molar-refractivity contribution in [3.05, 3.63) is 288 Å². The van der Waals surface area contributed by atoms with Crippen molar-refractivity contribution in [3.8, 4) is 89.5 Å². The zero-order valence-electron chi connectivity index (χ0n) is 63.5. The molecule has 0 bridgehead atoms. The van der Waals surface area contributed by atoms with E-state index in [-0.39, 0.29) is 0 Å². The molecule has 20 nitrogen and oxygen atoms in total. The molecular weight excluding hydrogens is 1350 g/mol. The Hall–Kier alpha value is -13.4. The zero-order chi connectivity index (χ0) is 75.9. The third-order valence-electron chi connectivity index (χ3n) is 19.6. The highest BCUT2D eigenvalue weighted by Crippen LogP contribution is 2.41. The van der Waals surface area contributed by atoms with Gasteiger partial charge in [0.2, 0.25) is 0 Å². The minimum Gasteiger partial charge on any atom is -0.451 e. The predicted molar refractivity (Wildman–Crippen MR) is 427 cm³/mol. The molecule has 0 aliphatic carbocycles. The Morgan fingerprint density at radius 2 is 0.676 bits per heavy atom. The maximum atomic E-state index is 5.36. The van der Waals surface area contributed by atoms with E-state index in [2.05, 4.69) is 279 Å². The average molecular weight is 1440 g/mol. The number of imidazole rings is 1. The topological polar surface area (TPSA) is 224 Å². The van der Waals surface area contributed by atoms with E-state index in [9.17, 15) is 0 Å². The van der Waals surface area contributed by atoms with Gasteiger partial charge in [-0.2, -0.15) is 0 Å². The molecule has 544 valence electrons. The van der Waals surface area contributed by atoms with Crippen molar-refractivity contribution in [1.82, 2.24) is 45.7 Å². The fourth-order valence-corrected chi connectivity index (χ4v) is 13.6. The largest absolute Gasteiger partial charge is 0.451 e. The average Bonchev–Trinajstić information content (AvgIpc) is 1.49. The van der Waals surface area contributed by atoms with Gasteiger partial charge in [-0.3, -0.25) is 0 Å². The van der Waals surface area contributed by atoms with Gasteiger partial charge in [0.15, 0.2) is 18.5 Å². The lowest BCUT2D eigenvalue weighted by Crippen LogP contribution is -2.11. The van der Waals surface area contributed by atoms with Crippen molar-refractivity contribution < 1.29 is 31.4 Å². The number of aromatic amines is 1. The van der Waals surface area contributed by atoms with Crippen LogP contribution < -0.4 is 19.6 Å². The molecule has 0 radical (unpaired) electrons. The Balaban J connectivity index is 0.000000127. The normalized spacial score (nSPS) is 11.0. The van der Waals surface area contributed by atoms with E-state index >= 15 is 0 Å². The number of benzene rings is 8. The number of nitrogens with zero attached hydrogens (tertiary/aromatic N) is 12. The number of aryl methyl sites for hydroxylation is 12. The minimum atomic E-state index is 0.765. The minimum absolute atomic E-state index is 0.765. The SMILES string of the molecule is Cc1ccc(-c2c(C)noc2C)cc1N(C)c1ccc(-c2cnc[nH]2)cc1.Cc1ccc(-c2c(C)noc2C)cc1N(C)c1ccc(-c2cnco2)cc1.Cc1ccc(-c2c(C)noc2C)cc1N(C)c1ccc(-c2cnoc2)cc1.Cc1ccc(-c2c(C)noc2C)cc1N(C)c1ccc(-c2cocn2)cc1. The van der Waals surface area contributed by atoms with Crippen LogP contribution in [0.15, 0.2) is 252 Å². The van der Waals surface area contributed by atoms with Gasteiger partial charge in [-0.15, -0.1) is 0 Å². The van der Waals surface area contributed by atoms with E-state index in [1.54, 1.807) is 31.2 Å². The second-order valence-electron chi connectivity index (χ2n) is 26.8. The highest BCUT2D eigenvalue weighted by atomic mass is 16.5. The maximum absolute atomic E-state index is 5.36. The first-order valence-electron chi connectivity index (χ1n) is 35.3. The van der Waals surface area contributed by atoms with Gasteiger partial charge in [0.25, 0.3) is 0 Å². The van der Waals surface area contributed by atoms with Crippen LogP contribution in [0.4, 0.5) is 45.5 Å². The van der Waals surface area contributed by atoms with Crippen LogP contribution in [0.25, 0.3) is 89.5 Å². The summed E-state index contributed by atoms with van der Waals surface area (Å²) >= 11 is 0. The molecule has 0 aliphatic rings. The summed E-state index contributed by atoms with van der Waals surface area (Å²) in [4.78, 5) is 24.1. The van der Waals surface area contributed by atoms with Crippen LogP contribution in [-0.2, 0) is 0 Å². The molecule has 0 amide bonds. The summed E-state index contributed by atoms with van der Waals surface area (Å²) in [5.74, 6) is 4.11. The van der Waals surface area contributed by atoms with Crippen molar-refractivity contribution in [2.45, 2.75) is 83.1 Å². The Bertz CT molecular complexity index is 4880. The van der Waals surface area contributed by atoms with Gasteiger partial charge >= 0.3 is 0 Å². The number of hydrogen-bond acceptors (Lipinski definition) is 19. The highest BCUT2D eigenvalue weighted by molar-refractivity contribution is 5.82. The number of nitrogens with one attached hydrogen (secondary N) is 1. The summed E-state index contributed by atoms with van der Waals surface area (Å²) in [6.45, 7) is 24.2. The third kappa shape index (κ3) is 15.7. The molecule has 8 aromatic heterocycles. The van der Waals surface area contributed by atoms with E-state index in [1.165, 1.54) is 35.0 Å². The Morgan fingerprint density at radius 3 is 0.972 bits per heavy atom. The summed E-state index contributed by atoms with van der Waals surface area (Å²) in [6, 6.07) is 59.1. The van der Waals surface area contributed by atoms with Gasteiger partial charge < -0.3 is 56.0 Å². The number of H-pyrrole nitrogens is 1. The van der Waals surface area contributed by atoms with E-state index in [0.29, 0.717) is 0 Å². The second kappa shape index (κ2) is 31.9. The predicted octanol–water partition coefficient (Wildman–Crippen LogP) is 22.5. The molecule has 0 unspecified atom stereocenters. The van der Waals surface area contributed by atoms with Crippen molar-refractivity contribution >= 4 is 45.5 Å². The Kier molecular flexibility index (Phi) is 21.6. The van der Waals surface area contributed by atoms with Gasteiger partial charge in [0.1, 0.15) is 41.3 Å². The number of rotatable bonds is 16. The van der Waals surface area contributed by atoms with E-state index < -0.39 is 0 Å². The lowest BCUT2D eigenvalue weighted by molar-refractivity contribution is 0.393. The molecule has 108 heavy (non-hydrogen) atoms. The molecule has 0 saturated heterocycles. The highest BCUT2D eigenvalue weighted by Gasteiger charge is 2.21. The van der Waals surface area contributed by atoms with Crippen molar-refractivity contribution in [2.24, 2.45) is 0 Å². The first kappa shape index (κ1) is 73.0. The molecular formula is C88H85N13O7. The molecule has 0 spiro atoms. The second-order valence-corrected chi connectivity index (χ2v) is 26.8. The molecule has 0 atom stereocenters. The van der Waals surface area contributed by atoms with Crippen LogP contribution in [0.1, 0.15) is 68.1 Å². The zero-order valence-corrected chi connectivity index (χ0v) is 63.5. The molecule has 8 aromatic carbocycles. The molecule has 16 aromatic rings. The van der Waals surface area contributed by atoms with Crippen LogP contribution >= 0.6 is 0 Å². The Morgan fingerprint density at radius 1 is 0.324 bits per heavy atom. The number of anilines is 8. The first-order chi connectivity index (χ1) is 52.2. The van der Waals surface area contributed by atoms with Crippen LogP contribution in [0, 0.1) is 83.1 Å². The molecule has 0 saturated carbocycles. The van der Waals surface area contributed by atoms with Crippen LogP contribution in [0.2, 0.25) is 0 Å². The lowest BCUT2D eigenvalue weighted by atomic mass is 10.0. The monoisotopic (exact) mass is 1440 g/mol. The Labute approximate surface area is 627 Å². The summed E-state index contributed by atoms with van der Waals surface area (Å²) in [5.41, 5.74) is 33.2. The van der Waals surface area contributed by atoms with Crippen LogP contribution in [-0.4, -0.2) is 73.9 Å². The van der Waals surface area contributed by atoms with E-state index in [1.807, 2.05) is 73.7 Å². The van der Waals surface area contributed by atoms with Gasteiger partial charge in [-0.05, 0) is 224 Å². The molecule has 20 heteroatoms. The quantitative estimate of drug-likeness (QED) is 0.0949. The number of hydrogen-bond donors (Lipinski definition) is 1. The van der Waals surface area contributed by atoms with Gasteiger partial charge in [0.05, 0.1) is 53.4 Å². The fourth-order valence-electron chi connectivity index (χ4n) is 13.6. The van der Waals surface area contributed by atoms with Crippen LogP contribution in [0.5, 0.6) is 0 Å². The van der Waals surface area contributed by atoms with Gasteiger partial charge in [-0.25, -0.2) is 15.0 Å². The molecule has 0 aliphatic heterocycles. The molecule has 0 fully saturated rings. The van der Waals surface area contributed by atoms with Gasteiger partial charge in [-0.1, -0.05) is 111 Å². The summed E-state index contributed by atoms with van der Waals surface area (Å²) in [5, 5.41) is 20.1. The summed E-state index contributed by atoms with van der Waals surface area (Å²) in [6.07, 6.45) is 13.1. The van der Waals surface area contributed by atoms with E-state index in [4.69, 9.17) is 31.4 Å². The summed E-state index contributed by atoms with van der Waals surface area (Å²) < 4.78 is 36.7. The maximum Gasteiger partial charge on any atom is 0.181 e. The van der Waals surface area contributed by atoms with Crippen molar-refractivity contribution in [1.29, 1.82) is 0 Å². The van der Waals surface area contributed by atoms with Crippen molar-refractivity contribution in [3.63, 3.8) is 0 Å². The standard InChI is InChI=1S/C22H22N4O.3C22H21N3O2/c1-14-5-6-18(22-15(2)25-27-16(22)3)11-21(14)26(4)19-9-7-17(8-10-19)20-12-23-13-24-20;1-14-5-6-18(22-15(2)24-27-16(22)3)11-21(14)25(4)20-9-7-17(8-10-20)19-12-23-26-13-19;1-14-5-6-18(22-15(2)24-27-16(22)3)11-21(14)25(4)19-9-7-17(8-10-19)20-12-26-13-23-20;1-14-5-6-18(22-15(2)24-27-16(22)3)11-20(14)25(4)19-9-7-17(8-10-19)21-12-23-13-26-21/h5-13H,1-4H3,(H,23,24);3*5-13H,1-4H3. The third-order valence-corrected chi connectivity index (χ3v) is 19.6. The number of oxazole rings is 2. The van der Waals surface area contributed by atoms with E-state index in [0.717, 1.165) is 181 Å². The van der Waals surface area contributed by atoms with Gasteiger partial charge in [0, 0.05) is 113 Å². The molecule has 1 N–H and O–H groups in total. The van der Waals surface area contributed by atoms with Crippen LogP contribution in [0.3, 0.4) is 0 Å². The smallest absolute Gasteiger partial charge is 0.181 e. The van der Waals surface area contributed by atoms with Crippen molar-refractivity contribution in [2.75, 3.05) is 47.8 Å². The summed E-state index contributed by atoms with van der Waals surface area (Å²) in [7, 11) is 8.31. The fraction of sp³-hybridized carbons (Fsp3) is 0.182. The lowest BCUT2D eigenvalue weighted by Gasteiger charge is -2.23. The first-order valence-corrected chi connectivity index (χ1v) is 35.3.